The molecule has 124 valence electrons. The van der Waals surface area contributed by atoms with Crippen molar-refractivity contribution in [3.8, 4) is 5.75 Å². The predicted molar refractivity (Wildman–Crippen MR) is 100 cm³/mol. The van der Waals surface area contributed by atoms with Gasteiger partial charge in [-0.3, -0.25) is 0 Å². The van der Waals surface area contributed by atoms with Crippen LogP contribution in [0.2, 0.25) is 10.0 Å². The summed E-state index contributed by atoms with van der Waals surface area (Å²) in [6.07, 6.45) is 1.11. The van der Waals surface area contributed by atoms with Crippen molar-refractivity contribution in [1.82, 2.24) is 0 Å². The van der Waals surface area contributed by atoms with Crippen molar-refractivity contribution < 1.29 is 4.74 Å². The van der Waals surface area contributed by atoms with Crippen molar-refractivity contribution in [3.63, 3.8) is 0 Å². The van der Waals surface area contributed by atoms with Crippen LogP contribution in [0, 0.1) is 0 Å². The van der Waals surface area contributed by atoms with Crippen molar-refractivity contribution >= 4 is 28.9 Å². The molecule has 0 atom stereocenters. The van der Waals surface area contributed by atoms with E-state index in [0.29, 0.717) is 23.2 Å². The Balaban J connectivity index is 1.82. The zero-order chi connectivity index (χ0) is 16.9. The maximum atomic E-state index is 5.97. The maximum Gasteiger partial charge on any atom is 0.119 e. The lowest BCUT2D eigenvalue weighted by Gasteiger charge is -2.23. The lowest BCUT2D eigenvalue weighted by molar-refractivity contribution is 0.332. The van der Waals surface area contributed by atoms with Crippen LogP contribution >= 0.6 is 23.2 Å². The van der Waals surface area contributed by atoms with Gasteiger partial charge >= 0.3 is 0 Å². The summed E-state index contributed by atoms with van der Waals surface area (Å²) in [6.45, 7) is 7.96. The molecule has 0 saturated carbocycles. The number of hydrogen-bond acceptors (Lipinski definition) is 2. The first-order valence-corrected chi connectivity index (χ1v) is 8.59. The van der Waals surface area contributed by atoms with Gasteiger partial charge in [0.25, 0.3) is 0 Å². The summed E-state index contributed by atoms with van der Waals surface area (Å²) in [5.41, 5.74) is 2.43. The summed E-state index contributed by atoms with van der Waals surface area (Å²) < 4.78 is 5.76. The molecular formula is C19H23Cl2NO. The third-order valence-corrected chi connectivity index (χ3v) is 4.52. The lowest BCUT2D eigenvalue weighted by atomic mass is 9.82. The molecule has 0 fully saturated rings. The third kappa shape index (κ3) is 5.33. The molecule has 23 heavy (non-hydrogen) atoms. The van der Waals surface area contributed by atoms with Crippen molar-refractivity contribution in [1.29, 1.82) is 0 Å². The highest BCUT2D eigenvalue weighted by molar-refractivity contribution is 6.35. The van der Waals surface area contributed by atoms with E-state index in [9.17, 15) is 0 Å². The van der Waals surface area contributed by atoms with E-state index in [1.165, 1.54) is 5.56 Å². The standard InChI is InChI=1S/C19H23Cl2NO/c1-4-19(2,3)14-5-7-18(8-6-14)23-10-9-22-17-12-15(20)11-16(21)13-17/h5-8,11-13,22H,4,9-10H2,1-3H3. The van der Waals surface area contributed by atoms with E-state index in [1.54, 1.807) is 6.07 Å². The Hall–Kier alpha value is -1.38. The summed E-state index contributed by atoms with van der Waals surface area (Å²) in [6, 6.07) is 13.7. The Morgan fingerprint density at radius 1 is 1.00 bits per heavy atom. The fraction of sp³-hybridized carbons (Fsp3) is 0.368. The number of hydrogen-bond donors (Lipinski definition) is 1. The molecule has 0 unspecified atom stereocenters. The second kappa shape index (κ2) is 7.94. The fourth-order valence-electron chi connectivity index (χ4n) is 2.23. The van der Waals surface area contributed by atoms with Crippen LogP contribution in [0.25, 0.3) is 0 Å². The Morgan fingerprint density at radius 2 is 1.61 bits per heavy atom. The highest BCUT2D eigenvalue weighted by Crippen LogP contribution is 2.28. The van der Waals surface area contributed by atoms with Gasteiger partial charge in [-0.2, -0.15) is 0 Å². The molecule has 1 N–H and O–H groups in total. The van der Waals surface area contributed by atoms with Gasteiger partial charge in [-0.1, -0.05) is 56.1 Å². The topological polar surface area (TPSA) is 21.3 Å². The second-order valence-corrected chi connectivity index (χ2v) is 7.07. The van der Waals surface area contributed by atoms with Crippen molar-refractivity contribution in [2.45, 2.75) is 32.6 Å². The summed E-state index contributed by atoms with van der Waals surface area (Å²) in [5, 5.41) is 4.49. The first kappa shape index (κ1) is 18.0. The Bertz CT molecular complexity index is 618. The van der Waals surface area contributed by atoms with Crippen molar-refractivity contribution in [2.75, 3.05) is 18.5 Å². The van der Waals surface area contributed by atoms with Crippen LogP contribution in [0.3, 0.4) is 0 Å². The largest absolute Gasteiger partial charge is 0.492 e. The maximum absolute atomic E-state index is 5.97. The number of anilines is 1. The smallest absolute Gasteiger partial charge is 0.119 e. The van der Waals surface area contributed by atoms with Gasteiger partial charge in [0.1, 0.15) is 12.4 Å². The average Bonchev–Trinajstić information content (AvgIpc) is 2.51. The second-order valence-electron chi connectivity index (χ2n) is 6.20. The summed E-state index contributed by atoms with van der Waals surface area (Å²) in [4.78, 5) is 0. The molecule has 2 nitrogen and oxygen atoms in total. The summed E-state index contributed by atoms with van der Waals surface area (Å²) >= 11 is 11.9. The average molecular weight is 352 g/mol. The SMILES string of the molecule is CCC(C)(C)c1ccc(OCCNc2cc(Cl)cc(Cl)c2)cc1. The van der Waals surface area contributed by atoms with Crippen LogP contribution in [0.5, 0.6) is 5.75 Å². The molecule has 2 aromatic rings. The molecule has 4 heteroatoms. The Morgan fingerprint density at radius 3 is 2.17 bits per heavy atom. The highest BCUT2D eigenvalue weighted by Gasteiger charge is 2.17. The van der Waals surface area contributed by atoms with E-state index >= 15 is 0 Å². The number of rotatable bonds is 7. The fourth-order valence-corrected chi connectivity index (χ4v) is 2.75. The first-order chi connectivity index (χ1) is 10.9. The molecule has 0 aliphatic carbocycles. The molecule has 0 heterocycles. The van der Waals surface area contributed by atoms with Crippen molar-refractivity contribution in [2.24, 2.45) is 0 Å². The minimum atomic E-state index is 0.200. The van der Waals surface area contributed by atoms with Crippen molar-refractivity contribution in [3.05, 3.63) is 58.1 Å². The van der Waals surface area contributed by atoms with E-state index in [2.05, 4.69) is 38.2 Å². The molecule has 0 spiro atoms. The van der Waals surface area contributed by atoms with Gasteiger partial charge in [-0.25, -0.2) is 0 Å². The number of halogens is 2. The molecular weight excluding hydrogens is 329 g/mol. The molecule has 0 aromatic heterocycles. The molecule has 0 aliphatic rings. The van der Waals surface area contributed by atoms with Crippen LogP contribution in [-0.4, -0.2) is 13.2 Å². The van der Waals surface area contributed by atoms with Crippen LogP contribution < -0.4 is 10.1 Å². The molecule has 0 radical (unpaired) electrons. The first-order valence-electron chi connectivity index (χ1n) is 7.84. The normalized spacial score (nSPS) is 11.3. The van der Waals surface area contributed by atoms with Gasteiger partial charge in [0, 0.05) is 22.3 Å². The summed E-state index contributed by atoms with van der Waals surface area (Å²) in [5.74, 6) is 0.881. The number of nitrogens with one attached hydrogen (secondary N) is 1. The van der Waals surface area contributed by atoms with Crippen LogP contribution in [0.15, 0.2) is 42.5 Å². The predicted octanol–water partition coefficient (Wildman–Crippen LogP) is 6.17. The Kier molecular flexibility index (Phi) is 6.20. The van der Waals surface area contributed by atoms with Gasteiger partial charge < -0.3 is 10.1 Å². The van der Waals surface area contributed by atoms with E-state index in [4.69, 9.17) is 27.9 Å². The molecule has 0 aliphatic heterocycles. The highest BCUT2D eigenvalue weighted by atomic mass is 35.5. The molecule has 0 saturated heterocycles. The molecule has 0 amide bonds. The Labute approximate surface area is 148 Å². The van der Waals surface area contributed by atoms with Gasteiger partial charge in [-0.05, 0) is 47.7 Å². The van der Waals surface area contributed by atoms with E-state index < -0.39 is 0 Å². The van der Waals surface area contributed by atoms with Crippen LogP contribution in [0.4, 0.5) is 5.69 Å². The minimum absolute atomic E-state index is 0.200. The number of benzene rings is 2. The minimum Gasteiger partial charge on any atom is -0.492 e. The van der Waals surface area contributed by atoms with E-state index in [0.717, 1.165) is 17.9 Å². The van der Waals surface area contributed by atoms with Gasteiger partial charge in [0.15, 0.2) is 0 Å². The number of ether oxygens (including phenoxy) is 1. The zero-order valence-corrected chi connectivity index (χ0v) is 15.3. The molecule has 2 rings (SSSR count). The molecule has 0 bridgehead atoms. The third-order valence-electron chi connectivity index (χ3n) is 4.08. The molecule has 2 aromatic carbocycles. The zero-order valence-electron chi connectivity index (χ0n) is 13.8. The van der Waals surface area contributed by atoms with E-state index in [-0.39, 0.29) is 5.41 Å². The van der Waals surface area contributed by atoms with Gasteiger partial charge in [-0.15, -0.1) is 0 Å². The van der Waals surface area contributed by atoms with Gasteiger partial charge in [0.05, 0.1) is 0 Å². The quantitative estimate of drug-likeness (QED) is 0.602. The summed E-state index contributed by atoms with van der Waals surface area (Å²) in [7, 11) is 0. The van der Waals surface area contributed by atoms with Gasteiger partial charge in [0.2, 0.25) is 0 Å². The van der Waals surface area contributed by atoms with Crippen LogP contribution in [0.1, 0.15) is 32.8 Å². The lowest BCUT2D eigenvalue weighted by Crippen LogP contribution is -2.15. The van der Waals surface area contributed by atoms with E-state index in [1.807, 2.05) is 24.3 Å². The van der Waals surface area contributed by atoms with Crippen LogP contribution in [-0.2, 0) is 5.41 Å². The monoisotopic (exact) mass is 351 g/mol.